The van der Waals surface area contributed by atoms with Gasteiger partial charge in [0, 0.05) is 39.0 Å². The summed E-state index contributed by atoms with van der Waals surface area (Å²) >= 11 is 0. The molecule has 6 heteroatoms. The van der Waals surface area contributed by atoms with Crippen LogP contribution in [-0.4, -0.2) is 27.6 Å². The Balaban J connectivity index is 1.09. The monoisotopic (exact) mass is 819 g/mol. The van der Waals surface area contributed by atoms with Crippen molar-refractivity contribution in [3.05, 3.63) is 224 Å². The van der Waals surface area contributed by atoms with Gasteiger partial charge in [-0.25, -0.2) is 4.98 Å². The summed E-state index contributed by atoms with van der Waals surface area (Å²) in [5.74, 6) is 1.86. The molecule has 0 bridgehead atoms. The number of hydrogen-bond donors (Lipinski definition) is 0. The van der Waals surface area contributed by atoms with Crippen LogP contribution < -0.4 is 25.6 Å². The lowest BCUT2D eigenvalue weighted by atomic mass is 9.99. The number of fused-ring (bicyclic) bond motifs is 13. The van der Waals surface area contributed by atoms with Crippen molar-refractivity contribution < 1.29 is 0 Å². The van der Waals surface area contributed by atoms with Gasteiger partial charge in [-0.2, -0.15) is 9.97 Å². The van der Waals surface area contributed by atoms with Gasteiger partial charge in [-0.05, 0) is 79.4 Å². The van der Waals surface area contributed by atoms with Crippen LogP contribution in [0.15, 0.2) is 224 Å². The van der Waals surface area contributed by atoms with Crippen LogP contribution in [0, 0.1) is 0 Å². The van der Waals surface area contributed by atoms with E-state index in [1.807, 2.05) is 36.4 Å². The zero-order chi connectivity index (χ0) is 41.5. The average Bonchev–Trinajstić information content (AvgIpc) is 3.86. The molecule has 294 valence electrons. The highest BCUT2D eigenvalue weighted by Crippen LogP contribution is 2.45. The van der Waals surface area contributed by atoms with Crippen molar-refractivity contribution in [3.63, 3.8) is 0 Å². The van der Waals surface area contributed by atoms with Gasteiger partial charge in [0.2, 0.25) is 5.95 Å². The lowest BCUT2D eigenvalue weighted by Gasteiger charge is -2.42. The Labute approximate surface area is 365 Å². The quantitative estimate of drug-likeness (QED) is 0.162. The molecule has 5 nitrogen and oxygen atoms in total. The minimum absolute atomic E-state index is 0.592. The van der Waals surface area contributed by atoms with Crippen molar-refractivity contribution in [1.29, 1.82) is 0 Å². The highest BCUT2D eigenvalue weighted by atomic mass is 28.3. The first-order chi connectivity index (χ1) is 31.3. The maximum atomic E-state index is 5.30. The molecule has 63 heavy (non-hydrogen) atoms. The van der Waals surface area contributed by atoms with Crippen molar-refractivity contribution in [2.45, 2.75) is 0 Å². The summed E-state index contributed by atoms with van der Waals surface area (Å²) in [6.45, 7) is 0. The smallest absolute Gasteiger partial charge is 0.238 e. The molecule has 0 aliphatic carbocycles. The second-order valence-corrected chi connectivity index (χ2v) is 20.0. The van der Waals surface area contributed by atoms with E-state index in [0.29, 0.717) is 17.6 Å². The third kappa shape index (κ3) is 5.19. The van der Waals surface area contributed by atoms with Crippen LogP contribution in [-0.2, 0) is 0 Å². The zero-order valence-electron chi connectivity index (χ0n) is 34.1. The van der Waals surface area contributed by atoms with E-state index in [1.165, 1.54) is 64.8 Å². The van der Waals surface area contributed by atoms with Crippen molar-refractivity contribution in [2.75, 3.05) is 4.90 Å². The van der Waals surface area contributed by atoms with E-state index < -0.39 is 8.07 Å². The van der Waals surface area contributed by atoms with Gasteiger partial charge >= 0.3 is 0 Å². The van der Waals surface area contributed by atoms with Crippen LogP contribution in [0.4, 0.5) is 17.3 Å². The van der Waals surface area contributed by atoms with Gasteiger partial charge < -0.3 is 4.57 Å². The minimum atomic E-state index is -2.98. The van der Waals surface area contributed by atoms with E-state index in [-0.39, 0.29) is 0 Å². The van der Waals surface area contributed by atoms with Gasteiger partial charge in [-0.15, -0.1) is 0 Å². The van der Waals surface area contributed by atoms with E-state index in [0.717, 1.165) is 28.2 Å². The van der Waals surface area contributed by atoms with Gasteiger partial charge in [0.1, 0.15) is 0 Å². The third-order valence-corrected chi connectivity index (χ3v) is 18.0. The predicted molar refractivity (Wildman–Crippen MR) is 261 cm³/mol. The number of nitrogens with zero attached hydrogens (tertiary/aromatic N) is 5. The van der Waals surface area contributed by atoms with Crippen molar-refractivity contribution in [1.82, 2.24) is 19.5 Å². The number of hydrogen-bond acceptors (Lipinski definition) is 4. The molecule has 0 amide bonds. The first-order valence-electron chi connectivity index (χ1n) is 21.5. The normalized spacial score (nSPS) is 13.2. The van der Waals surface area contributed by atoms with Gasteiger partial charge in [-0.3, -0.25) is 4.90 Å². The van der Waals surface area contributed by atoms with E-state index in [1.54, 1.807) is 0 Å². The molecular formula is C57H37N5Si. The summed E-state index contributed by atoms with van der Waals surface area (Å²) in [6.07, 6.45) is 0. The maximum Gasteiger partial charge on any atom is 0.238 e. The summed E-state index contributed by atoms with van der Waals surface area (Å²) in [6, 6.07) is 81.1. The molecule has 0 radical (unpaired) electrons. The summed E-state index contributed by atoms with van der Waals surface area (Å²) < 4.78 is 2.46. The van der Waals surface area contributed by atoms with Crippen LogP contribution in [0.25, 0.3) is 72.5 Å². The van der Waals surface area contributed by atoms with Crippen LogP contribution in [0.3, 0.4) is 0 Å². The third-order valence-electron chi connectivity index (χ3n) is 13.0. The number of rotatable bonds is 5. The Morgan fingerprint density at radius 2 is 0.905 bits per heavy atom. The minimum Gasteiger partial charge on any atom is -0.309 e. The van der Waals surface area contributed by atoms with E-state index in [9.17, 15) is 0 Å². The molecule has 0 fully saturated rings. The van der Waals surface area contributed by atoms with Crippen LogP contribution in [0.2, 0.25) is 0 Å². The number of para-hydroxylation sites is 3. The lowest BCUT2D eigenvalue weighted by molar-refractivity contribution is 1.02. The predicted octanol–water partition coefficient (Wildman–Crippen LogP) is 11.1. The van der Waals surface area contributed by atoms with Crippen LogP contribution in [0.5, 0.6) is 0 Å². The molecule has 2 aromatic heterocycles. The zero-order valence-corrected chi connectivity index (χ0v) is 35.1. The van der Waals surface area contributed by atoms with Gasteiger partial charge in [-0.1, -0.05) is 188 Å². The molecule has 11 aromatic rings. The summed E-state index contributed by atoms with van der Waals surface area (Å²) in [5, 5.41) is 7.98. The second kappa shape index (κ2) is 13.9. The largest absolute Gasteiger partial charge is 0.309 e. The van der Waals surface area contributed by atoms with Gasteiger partial charge in [0.05, 0.1) is 11.0 Å². The molecule has 9 aromatic carbocycles. The molecule has 0 unspecified atom stereocenters. The molecule has 0 N–H and O–H groups in total. The number of aromatic nitrogens is 4. The first kappa shape index (κ1) is 35.6. The van der Waals surface area contributed by atoms with E-state index >= 15 is 0 Å². The Kier molecular flexibility index (Phi) is 7.86. The Hall–Kier alpha value is -8.19. The number of anilines is 3. The Morgan fingerprint density at radius 1 is 0.365 bits per heavy atom. The lowest BCUT2D eigenvalue weighted by Crippen LogP contribution is -2.75. The summed E-state index contributed by atoms with van der Waals surface area (Å²) in [4.78, 5) is 18.0. The molecule has 13 rings (SSSR count). The molecule has 2 aliphatic heterocycles. The standard InChI is InChI=1S/C57H37N5Si/c1-4-19-38(20-5-1)41-25-18-26-42(37-41)61-45-29-12-10-27-43(45)53-48(61)35-36-52-54(53)44-28-11-15-32-49(44)63(52)50-33-16-13-30-46(50)62(47-31-14-17-34-51(47)63)57-59-55(39-21-6-2-7-22-39)58-56(60-57)40-23-8-3-9-24-40/h1-37H. The number of benzene rings is 9. The first-order valence-corrected chi connectivity index (χ1v) is 23.5. The van der Waals surface area contributed by atoms with Crippen LogP contribution in [0.1, 0.15) is 0 Å². The van der Waals surface area contributed by atoms with Crippen molar-refractivity contribution >= 4 is 67.9 Å². The molecule has 0 saturated carbocycles. The summed E-state index contributed by atoms with van der Waals surface area (Å²) in [5.41, 5.74) is 12.6. The molecule has 0 atom stereocenters. The Morgan fingerprint density at radius 3 is 1.57 bits per heavy atom. The molecule has 2 aliphatic rings. The highest BCUT2D eigenvalue weighted by molar-refractivity contribution is 7.23. The topological polar surface area (TPSA) is 46.8 Å². The Bertz CT molecular complexity index is 3480. The molecular weight excluding hydrogens is 783 g/mol. The maximum absolute atomic E-state index is 5.30. The second-order valence-electron chi connectivity index (χ2n) is 16.3. The van der Waals surface area contributed by atoms with Crippen molar-refractivity contribution in [3.8, 4) is 50.7 Å². The highest BCUT2D eigenvalue weighted by Gasteiger charge is 2.54. The SMILES string of the molecule is c1ccc(-c2cccc(-n3c4ccccc4c4c5c(ccc43)[Si]3(c4ccccc4-5)c4ccccc4N(c4nc(-c5ccccc5)nc(-c5ccccc5)n4)c4ccccc43)c2)cc1. The van der Waals surface area contributed by atoms with Crippen LogP contribution >= 0.6 is 0 Å². The van der Waals surface area contributed by atoms with E-state index in [2.05, 4.69) is 198 Å². The molecule has 0 saturated heterocycles. The fourth-order valence-corrected chi connectivity index (χ4v) is 16.0. The molecule has 1 spiro atoms. The average molecular weight is 820 g/mol. The van der Waals surface area contributed by atoms with Gasteiger partial charge in [0.15, 0.2) is 19.7 Å². The van der Waals surface area contributed by atoms with Crippen molar-refractivity contribution in [2.24, 2.45) is 0 Å². The molecule has 4 heterocycles. The van der Waals surface area contributed by atoms with Gasteiger partial charge in [0.25, 0.3) is 0 Å². The van der Waals surface area contributed by atoms with E-state index in [4.69, 9.17) is 15.0 Å². The summed E-state index contributed by atoms with van der Waals surface area (Å²) in [7, 11) is -2.98. The fourth-order valence-electron chi connectivity index (χ4n) is 10.5. The fraction of sp³-hybridized carbons (Fsp3) is 0.